The number of carbonyl (C=O) groups is 2. The van der Waals surface area contributed by atoms with E-state index in [4.69, 9.17) is 5.11 Å². The van der Waals surface area contributed by atoms with Gasteiger partial charge in [0.05, 0.1) is 6.04 Å². The Bertz CT molecular complexity index is 722. The molecule has 1 aliphatic heterocycles. The van der Waals surface area contributed by atoms with Crippen LogP contribution in [0.2, 0.25) is 0 Å². The van der Waals surface area contributed by atoms with Crippen LogP contribution in [0.1, 0.15) is 62.6 Å². The number of hydrogen-bond acceptors (Lipinski definition) is 3. The number of aromatic nitrogens is 1. The average molecular weight is 370 g/mol. The van der Waals surface area contributed by atoms with Gasteiger partial charge in [0.1, 0.15) is 5.69 Å². The summed E-state index contributed by atoms with van der Waals surface area (Å²) in [5.41, 5.74) is 2.16. The van der Waals surface area contributed by atoms with Crippen molar-refractivity contribution in [1.29, 1.82) is 0 Å². The number of aryl methyl sites for hydroxylation is 1. The molecule has 0 unspecified atom stereocenters. The molecule has 1 aliphatic rings. The minimum Gasteiger partial charge on any atom is -0.477 e. The van der Waals surface area contributed by atoms with Crippen molar-refractivity contribution in [2.45, 2.75) is 58.9 Å². The van der Waals surface area contributed by atoms with Gasteiger partial charge in [-0.25, -0.2) is 9.78 Å². The van der Waals surface area contributed by atoms with E-state index in [1.165, 1.54) is 11.6 Å². The second kappa shape index (κ2) is 10.0. The summed E-state index contributed by atoms with van der Waals surface area (Å²) in [6.45, 7) is 7.22. The van der Waals surface area contributed by atoms with Crippen LogP contribution in [-0.2, 0) is 11.2 Å². The number of likely N-dealkylation sites (tertiary alicyclic amines) is 1. The van der Waals surface area contributed by atoms with Gasteiger partial charge >= 0.3 is 5.97 Å². The Hall–Kier alpha value is -2.43. The van der Waals surface area contributed by atoms with Crippen LogP contribution in [0, 0.1) is 5.92 Å². The van der Waals surface area contributed by atoms with E-state index in [2.05, 4.69) is 44.0 Å². The fourth-order valence-corrected chi connectivity index (χ4v) is 3.47. The molecular formula is C22H30N2O3. The van der Waals surface area contributed by atoms with E-state index in [0.717, 1.165) is 25.0 Å². The van der Waals surface area contributed by atoms with Crippen LogP contribution in [0.5, 0.6) is 0 Å². The molecule has 1 amide bonds. The van der Waals surface area contributed by atoms with Gasteiger partial charge in [-0.3, -0.25) is 4.79 Å². The lowest BCUT2D eigenvalue weighted by Crippen LogP contribution is -2.32. The molecule has 0 saturated carbocycles. The zero-order chi connectivity index (χ0) is 19.8. The normalized spacial score (nSPS) is 18.1. The number of hydrogen-bond donors (Lipinski definition) is 1. The molecule has 0 aromatic carbocycles. The van der Waals surface area contributed by atoms with E-state index >= 15 is 0 Å². The summed E-state index contributed by atoms with van der Waals surface area (Å²) in [4.78, 5) is 29.3. The van der Waals surface area contributed by atoms with Gasteiger partial charge in [-0.05, 0) is 50.7 Å². The zero-order valence-electron chi connectivity index (χ0n) is 16.5. The highest BCUT2D eigenvalue weighted by atomic mass is 16.4. The second-order valence-corrected chi connectivity index (χ2v) is 7.61. The quantitative estimate of drug-likeness (QED) is 0.660. The summed E-state index contributed by atoms with van der Waals surface area (Å²) >= 11 is 0. The van der Waals surface area contributed by atoms with Crippen molar-refractivity contribution in [2.24, 2.45) is 5.92 Å². The van der Waals surface area contributed by atoms with Crippen LogP contribution >= 0.6 is 0 Å². The number of rotatable bonds is 9. The Morgan fingerprint density at radius 2 is 2.19 bits per heavy atom. The number of aromatic carboxylic acids is 1. The van der Waals surface area contributed by atoms with Crippen molar-refractivity contribution < 1.29 is 14.7 Å². The van der Waals surface area contributed by atoms with Crippen LogP contribution < -0.4 is 0 Å². The fraction of sp³-hybridized carbons (Fsp3) is 0.500. The van der Waals surface area contributed by atoms with Crippen LogP contribution in [0.4, 0.5) is 0 Å². The summed E-state index contributed by atoms with van der Waals surface area (Å²) in [5, 5.41) is 9.02. The van der Waals surface area contributed by atoms with Crippen molar-refractivity contribution in [3.63, 3.8) is 0 Å². The summed E-state index contributed by atoms with van der Waals surface area (Å²) < 4.78 is 0. The predicted octanol–water partition coefficient (Wildman–Crippen LogP) is 4.25. The van der Waals surface area contributed by atoms with E-state index in [-0.39, 0.29) is 17.6 Å². The number of carboxylic acids is 1. The molecular weight excluding hydrogens is 340 g/mol. The molecule has 1 atom stereocenters. The number of allylic oxidation sites excluding steroid dienone is 3. The third-order valence-electron chi connectivity index (χ3n) is 4.68. The van der Waals surface area contributed by atoms with E-state index in [1.807, 2.05) is 11.0 Å². The SMILES string of the molecule is CC(=CC=C[C@H]1CCC(=O)N1CCCc1cccc(C(=O)O)n1)CC(C)C. The van der Waals surface area contributed by atoms with Gasteiger partial charge < -0.3 is 10.0 Å². The summed E-state index contributed by atoms with van der Waals surface area (Å²) in [5.74, 6) is -0.176. The molecule has 2 rings (SSSR count). The molecule has 1 aromatic rings. The van der Waals surface area contributed by atoms with Crippen molar-refractivity contribution in [1.82, 2.24) is 9.88 Å². The zero-order valence-corrected chi connectivity index (χ0v) is 16.5. The highest BCUT2D eigenvalue weighted by Crippen LogP contribution is 2.21. The molecule has 0 bridgehead atoms. The van der Waals surface area contributed by atoms with Crippen LogP contribution in [0.3, 0.4) is 0 Å². The highest BCUT2D eigenvalue weighted by Gasteiger charge is 2.28. The average Bonchev–Trinajstić information content (AvgIpc) is 2.95. The molecule has 0 spiro atoms. The van der Waals surface area contributed by atoms with Gasteiger partial charge in [-0.1, -0.05) is 43.7 Å². The topological polar surface area (TPSA) is 70.5 Å². The smallest absolute Gasteiger partial charge is 0.354 e. The maximum absolute atomic E-state index is 12.2. The van der Waals surface area contributed by atoms with E-state index in [0.29, 0.717) is 25.3 Å². The molecule has 1 fully saturated rings. The van der Waals surface area contributed by atoms with Crippen LogP contribution in [-0.4, -0.2) is 39.5 Å². The molecule has 27 heavy (non-hydrogen) atoms. The monoisotopic (exact) mass is 370 g/mol. The van der Waals surface area contributed by atoms with Gasteiger partial charge in [0.2, 0.25) is 5.91 Å². The standard InChI is InChI=1S/C22H30N2O3/c1-16(2)15-17(3)7-4-10-19-12-13-21(25)24(19)14-6-9-18-8-5-11-20(23-18)22(26)27/h4-5,7-8,10-11,16,19H,6,9,12-15H2,1-3H3,(H,26,27)/t19-/m0/s1. The summed E-state index contributed by atoms with van der Waals surface area (Å²) in [7, 11) is 0. The molecule has 5 nitrogen and oxygen atoms in total. The maximum Gasteiger partial charge on any atom is 0.354 e. The fourth-order valence-electron chi connectivity index (χ4n) is 3.47. The lowest BCUT2D eigenvalue weighted by Gasteiger charge is -2.22. The molecule has 1 saturated heterocycles. The second-order valence-electron chi connectivity index (χ2n) is 7.61. The predicted molar refractivity (Wildman–Crippen MR) is 107 cm³/mol. The first-order valence-electron chi connectivity index (χ1n) is 9.69. The van der Waals surface area contributed by atoms with Gasteiger partial charge in [0, 0.05) is 18.7 Å². The van der Waals surface area contributed by atoms with Crippen LogP contribution in [0.25, 0.3) is 0 Å². The highest BCUT2D eigenvalue weighted by molar-refractivity contribution is 5.85. The first-order chi connectivity index (χ1) is 12.9. The molecule has 0 radical (unpaired) electrons. The number of amides is 1. The Kier molecular flexibility index (Phi) is 7.77. The van der Waals surface area contributed by atoms with Crippen molar-refractivity contribution in [3.8, 4) is 0 Å². The summed E-state index contributed by atoms with van der Waals surface area (Å²) in [6, 6.07) is 5.19. The van der Waals surface area contributed by atoms with E-state index in [1.54, 1.807) is 6.07 Å². The lowest BCUT2D eigenvalue weighted by molar-refractivity contribution is -0.128. The number of carbonyl (C=O) groups excluding carboxylic acids is 1. The van der Waals surface area contributed by atoms with Crippen LogP contribution in [0.15, 0.2) is 42.0 Å². The molecule has 5 heteroatoms. The van der Waals surface area contributed by atoms with Crippen molar-refractivity contribution >= 4 is 11.9 Å². The van der Waals surface area contributed by atoms with Gasteiger partial charge in [0.25, 0.3) is 0 Å². The minimum atomic E-state index is -1.02. The van der Waals surface area contributed by atoms with Gasteiger partial charge in [-0.15, -0.1) is 0 Å². The third kappa shape index (κ3) is 6.66. The molecule has 1 aromatic heterocycles. The first-order valence-corrected chi connectivity index (χ1v) is 9.69. The largest absolute Gasteiger partial charge is 0.477 e. The minimum absolute atomic E-state index is 0.0640. The Labute approximate surface area is 161 Å². The number of nitrogens with zero attached hydrogens (tertiary/aromatic N) is 2. The Balaban J connectivity index is 1.89. The lowest BCUT2D eigenvalue weighted by atomic mass is 10.0. The Morgan fingerprint density at radius 1 is 1.41 bits per heavy atom. The summed E-state index contributed by atoms with van der Waals surface area (Å²) in [6.07, 6.45) is 10.3. The van der Waals surface area contributed by atoms with E-state index < -0.39 is 5.97 Å². The van der Waals surface area contributed by atoms with E-state index in [9.17, 15) is 9.59 Å². The molecule has 2 heterocycles. The third-order valence-corrected chi connectivity index (χ3v) is 4.68. The molecule has 1 N–H and O–H groups in total. The maximum atomic E-state index is 12.2. The van der Waals surface area contributed by atoms with Crippen molar-refractivity contribution in [2.75, 3.05) is 6.54 Å². The number of carboxylic acid groups (broad SMARTS) is 1. The van der Waals surface area contributed by atoms with Gasteiger partial charge in [0.15, 0.2) is 0 Å². The van der Waals surface area contributed by atoms with Crippen molar-refractivity contribution in [3.05, 3.63) is 53.4 Å². The first kappa shape index (κ1) is 20.9. The molecule has 146 valence electrons. The number of pyridine rings is 1. The molecule has 0 aliphatic carbocycles. The Morgan fingerprint density at radius 3 is 2.89 bits per heavy atom. The van der Waals surface area contributed by atoms with Gasteiger partial charge in [-0.2, -0.15) is 0 Å².